The fraction of sp³-hybridized carbons (Fsp3) is 0.944. The van der Waals surface area contributed by atoms with Crippen molar-refractivity contribution in [3.05, 3.63) is 0 Å². The highest BCUT2D eigenvalue weighted by Gasteiger charge is 2.30. The van der Waals surface area contributed by atoms with Gasteiger partial charge in [-0.15, -0.1) is 0 Å². The summed E-state index contributed by atoms with van der Waals surface area (Å²) in [5.74, 6) is 0.878. The van der Waals surface area contributed by atoms with Gasteiger partial charge in [0, 0.05) is 25.7 Å². The van der Waals surface area contributed by atoms with Crippen LogP contribution in [0.5, 0.6) is 0 Å². The van der Waals surface area contributed by atoms with E-state index >= 15 is 0 Å². The van der Waals surface area contributed by atoms with Gasteiger partial charge < -0.3 is 33.8 Å². The first-order chi connectivity index (χ1) is 43.2. The Morgan fingerprint density at radius 2 is 0.533 bits per heavy atom. The van der Waals surface area contributed by atoms with Crippen molar-refractivity contribution in [3.8, 4) is 0 Å². The Morgan fingerprint density at radius 1 is 0.311 bits per heavy atom. The molecule has 0 rings (SSSR count). The van der Waals surface area contributed by atoms with E-state index in [0.717, 1.165) is 120 Å². The summed E-state index contributed by atoms with van der Waals surface area (Å²) in [5.41, 5.74) is 0. The normalized spacial score (nSPS) is 14.9. The first-order valence-electron chi connectivity index (χ1n) is 36.8. The maximum absolute atomic E-state index is 13.0. The highest BCUT2D eigenvalue weighted by molar-refractivity contribution is 7.47. The predicted molar refractivity (Wildman–Crippen MR) is 363 cm³/mol. The molecule has 0 bridgehead atoms. The van der Waals surface area contributed by atoms with E-state index in [2.05, 4.69) is 55.4 Å². The van der Waals surface area contributed by atoms with Crippen LogP contribution < -0.4 is 0 Å². The van der Waals surface area contributed by atoms with Crippen molar-refractivity contribution in [1.82, 2.24) is 0 Å². The highest BCUT2D eigenvalue weighted by Crippen LogP contribution is 2.45. The summed E-state index contributed by atoms with van der Waals surface area (Å²) < 4.78 is 68.3. The first kappa shape index (κ1) is 88.1. The number of rotatable bonds is 68. The fourth-order valence-electron chi connectivity index (χ4n) is 10.6. The summed E-state index contributed by atoms with van der Waals surface area (Å²) in [6.45, 7) is 14.1. The Morgan fingerprint density at radius 3 is 0.789 bits per heavy atom. The third-order valence-electron chi connectivity index (χ3n) is 17.0. The monoisotopic (exact) mass is 1320 g/mol. The number of esters is 4. The quantitative estimate of drug-likeness (QED) is 0.0222. The van der Waals surface area contributed by atoms with Crippen molar-refractivity contribution in [3.63, 3.8) is 0 Å². The van der Waals surface area contributed by atoms with Gasteiger partial charge in [-0.2, -0.15) is 0 Å². The topological polar surface area (TPSA) is 237 Å². The van der Waals surface area contributed by atoms with Crippen LogP contribution in [0.3, 0.4) is 0 Å². The van der Waals surface area contributed by atoms with Gasteiger partial charge in [-0.1, -0.05) is 299 Å². The lowest BCUT2D eigenvalue weighted by molar-refractivity contribution is -0.161. The molecule has 0 aromatic heterocycles. The summed E-state index contributed by atoms with van der Waals surface area (Å²) in [7, 11) is -9.90. The Hall–Kier alpha value is -1.94. The standard InChI is InChI=1S/C71H138O17P2/c1-9-63(7)49-41-33-27-29-36-44-52-69(74)82-58-67(88-71(76)54-46-38-30-28-34-42-50-64(8)10-2)60-86-90(79,80)84-56-65(72)55-83-89(77,78)85-59-66(57-81-68(73)51-43-35-25-21-18-14-16-20-24-32-40-48-62(5)6)87-70(75)53-45-37-26-22-17-13-11-12-15-19-23-31-39-47-61(3)4/h61-67,72H,9-60H2,1-8H3,(H,77,78)(H,79,80)/t63?,64?,65-,66-,67-/m1/s1. The molecule has 0 aromatic carbocycles. The third-order valence-corrected chi connectivity index (χ3v) is 18.9. The molecular formula is C71H138O17P2. The Kier molecular flexibility index (Phi) is 59.4. The van der Waals surface area contributed by atoms with Gasteiger partial charge in [0.2, 0.25) is 0 Å². The molecule has 0 aliphatic rings. The molecule has 0 saturated heterocycles. The number of unbranched alkanes of at least 4 members (excludes halogenated alkanes) is 32. The van der Waals surface area contributed by atoms with Crippen LogP contribution in [-0.2, 0) is 65.4 Å². The molecule has 7 atom stereocenters. The van der Waals surface area contributed by atoms with Crippen LogP contribution in [0, 0.1) is 23.7 Å². The van der Waals surface area contributed by atoms with Crippen LogP contribution in [0.2, 0.25) is 0 Å². The van der Waals surface area contributed by atoms with E-state index in [4.69, 9.17) is 37.0 Å². The number of phosphoric ester groups is 2. The summed E-state index contributed by atoms with van der Waals surface area (Å²) in [6.07, 6.45) is 43.1. The molecule has 19 heteroatoms. The van der Waals surface area contributed by atoms with Gasteiger partial charge in [0.15, 0.2) is 12.2 Å². The predicted octanol–water partition coefficient (Wildman–Crippen LogP) is 20.1. The van der Waals surface area contributed by atoms with E-state index in [9.17, 15) is 43.2 Å². The van der Waals surface area contributed by atoms with Gasteiger partial charge in [0.1, 0.15) is 19.3 Å². The molecule has 4 unspecified atom stereocenters. The van der Waals surface area contributed by atoms with Gasteiger partial charge in [0.25, 0.3) is 0 Å². The molecule has 534 valence electrons. The second-order valence-electron chi connectivity index (χ2n) is 27.1. The van der Waals surface area contributed by atoms with E-state index in [1.165, 1.54) is 148 Å². The fourth-order valence-corrected chi connectivity index (χ4v) is 12.2. The number of aliphatic hydroxyl groups is 1. The van der Waals surface area contributed by atoms with Crippen LogP contribution in [0.4, 0.5) is 0 Å². The van der Waals surface area contributed by atoms with E-state index in [1.54, 1.807) is 0 Å². The van der Waals surface area contributed by atoms with Crippen molar-refractivity contribution in [2.24, 2.45) is 23.7 Å². The molecule has 0 saturated carbocycles. The van der Waals surface area contributed by atoms with Crippen molar-refractivity contribution < 1.29 is 80.2 Å². The molecule has 90 heavy (non-hydrogen) atoms. The van der Waals surface area contributed by atoms with Gasteiger partial charge in [-0.3, -0.25) is 37.3 Å². The molecule has 0 aliphatic carbocycles. The number of carbonyl (C=O) groups excluding carboxylic acids is 4. The maximum atomic E-state index is 13.0. The zero-order valence-electron chi connectivity index (χ0n) is 58.8. The number of carbonyl (C=O) groups is 4. The minimum Gasteiger partial charge on any atom is -0.462 e. The molecule has 0 aliphatic heterocycles. The van der Waals surface area contributed by atoms with E-state index in [0.29, 0.717) is 25.7 Å². The lowest BCUT2D eigenvalue weighted by Gasteiger charge is -2.21. The molecular weight excluding hydrogens is 1190 g/mol. The summed E-state index contributed by atoms with van der Waals surface area (Å²) in [5, 5.41) is 10.6. The molecule has 0 heterocycles. The van der Waals surface area contributed by atoms with Crippen LogP contribution in [0.1, 0.15) is 351 Å². The first-order valence-corrected chi connectivity index (χ1v) is 39.8. The molecule has 3 N–H and O–H groups in total. The zero-order valence-corrected chi connectivity index (χ0v) is 60.6. The molecule has 17 nitrogen and oxygen atoms in total. The highest BCUT2D eigenvalue weighted by atomic mass is 31.2. The maximum Gasteiger partial charge on any atom is 0.472 e. The average Bonchev–Trinajstić information content (AvgIpc) is 3.72. The summed E-state index contributed by atoms with van der Waals surface area (Å²) >= 11 is 0. The van der Waals surface area contributed by atoms with Crippen LogP contribution >= 0.6 is 15.6 Å². The van der Waals surface area contributed by atoms with Gasteiger partial charge in [0.05, 0.1) is 26.4 Å². The molecule has 0 aromatic rings. The second kappa shape index (κ2) is 60.7. The van der Waals surface area contributed by atoms with Crippen molar-refractivity contribution in [1.29, 1.82) is 0 Å². The zero-order chi connectivity index (χ0) is 66.8. The van der Waals surface area contributed by atoms with Crippen molar-refractivity contribution >= 4 is 39.5 Å². The molecule has 0 fully saturated rings. The minimum absolute atomic E-state index is 0.102. The Bertz CT molecular complexity index is 1790. The van der Waals surface area contributed by atoms with Crippen molar-refractivity contribution in [2.75, 3.05) is 39.6 Å². The smallest absolute Gasteiger partial charge is 0.462 e. The van der Waals surface area contributed by atoms with E-state index in [1.807, 2.05) is 0 Å². The number of hydrogen-bond donors (Lipinski definition) is 3. The van der Waals surface area contributed by atoms with Crippen LogP contribution in [-0.4, -0.2) is 96.7 Å². The van der Waals surface area contributed by atoms with Crippen molar-refractivity contribution in [2.45, 2.75) is 369 Å². The lowest BCUT2D eigenvalue weighted by Crippen LogP contribution is -2.30. The SMILES string of the molecule is CCC(C)CCCCCCCCC(=O)OC[C@H](COP(=O)(O)OC[C@H](O)COP(=O)(O)OC[C@@H](COC(=O)CCCCCCCCCCCCCC(C)C)OC(=O)CCCCCCCCCCCCCCCC(C)C)OC(=O)CCCCCCCCC(C)CC. The van der Waals surface area contributed by atoms with Gasteiger partial charge >= 0.3 is 39.5 Å². The molecule has 0 amide bonds. The van der Waals surface area contributed by atoms with Crippen LogP contribution in [0.15, 0.2) is 0 Å². The third kappa shape index (κ3) is 62.2. The summed E-state index contributed by atoms with van der Waals surface area (Å²) in [6, 6.07) is 0. The lowest BCUT2D eigenvalue weighted by atomic mass is 10.00. The number of ether oxygens (including phenoxy) is 4. The largest absolute Gasteiger partial charge is 0.472 e. The molecule has 0 radical (unpaired) electrons. The van der Waals surface area contributed by atoms with Gasteiger partial charge in [-0.25, -0.2) is 9.13 Å². The number of phosphoric acid groups is 2. The Labute approximate surface area is 549 Å². The number of hydrogen-bond acceptors (Lipinski definition) is 15. The van der Waals surface area contributed by atoms with Crippen LogP contribution in [0.25, 0.3) is 0 Å². The second-order valence-corrected chi connectivity index (χ2v) is 30.0. The summed E-state index contributed by atoms with van der Waals surface area (Å²) in [4.78, 5) is 72.6. The average molecular weight is 1330 g/mol. The number of aliphatic hydroxyl groups excluding tert-OH is 1. The van der Waals surface area contributed by atoms with E-state index in [-0.39, 0.29) is 25.7 Å². The van der Waals surface area contributed by atoms with Gasteiger partial charge in [-0.05, 0) is 49.4 Å². The van der Waals surface area contributed by atoms with E-state index < -0.39 is 97.5 Å². The Balaban J connectivity index is 5.26. The minimum atomic E-state index is -4.95. The molecule has 0 spiro atoms.